The molecular formula is C20H28N2O6. The average molecular weight is 392 g/mol. The predicted octanol–water partition coefficient (Wildman–Crippen LogP) is -2.09. The molecule has 0 amide bonds. The predicted molar refractivity (Wildman–Crippen MR) is 99.3 cm³/mol. The molecule has 8 heteroatoms. The Labute approximate surface area is 163 Å². The molecule has 0 radical (unpaired) electrons. The van der Waals surface area contributed by atoms with Crippen LogP contribution in [0.3, 0.4) is 0 Å². The van der Waals surface area contributed by atoms with Crippen LogP contribution >= 0.6 is 0 Å². The largest absolute Gasteiger partial charge is 0.394 e. The maximum Gasteiger partial charge on any atom is 0.154 e. The first-order chi connectivity index (χ1) is 13.2. The average Bonchev–Trinajstić information content (AvgIpc) is 2.69. The highest BCUT2D eigenvalue weighted by molar-refractivity contribution is 5.97. The number of hydrogen-bond donors (Lipinski definition) is 5. The van der Waals surface area contributed by atoms with Gasteiger partial charge in [0.2, 0.25) is 0 Å². The quantitative estimate of drug-likeness (QED) is 0.373. The van der Waals surface area contributed by atoms with Crippen LogP contribution in [0.5, 0.6) is 0 Å². The number of nitrogens with zero attached hydrogens (tertiary/aromatic N) is 2. The summed E-state index contributed by atoms with van der Waals surface area (Å²) in [6, 6.07) is 9.65. The lowest BCUT2D eigenvalue weighted by molar-refractivity contribution is -0.219. The van der Waals surface area contributed by atoms with E-state index in [9.17, 15) is 25.2 Å². The highest BCUT2D eigenvalue weighted by atomic mass is 16.4. The Morgan fingerprint density at radius 2 is 1.57 bits per heavy atom. The fourth-order valence-corrected chi connectivity index (χ4v) is 5.49. The van der Waals surface area contributed by atoms with E-state index in [1.54, 1.807) is 0 Å². The fraction of sp³-hybridized carbons (Fsp3) is 0.650. The summed E-state index contributed by atoms with van der Waals surface area (Å²) in [6.45, 7) is 3.00. The molecule has 28 heavy (non-hydrogen) atoms. The zero-order chi connectivity index (χ0) is 20.3. The molecule has 5 rings (SSSR count). The summed E-state index contributed by atoms with van der Waals surface area (Å²) in [7, 11) is 0. The first-order valence-corrected chi connectivity index (χ1v) is 9.65. The number of piperidine rings is 2. The Hall–Kier alpha value is -1.39. The third-order valence-corrected chi connectivity index (χ3v) is 6.69. The number of aliphatic hydroxyl groups is 5. The number of Topliss-reactive ketones (excluding diaryl/α,β-unsaturated/α-hetero) is 1. The Morgan fingerprint density at radius 3 is 2.11 bits per heavy atom. The fourth-order valence-electron chi connectivity index (χ4n) is 5.49. The second-order valence-electron chi connectivity index (χ2n) is 8.78. The van der Waals surface area contributed by atoms with E-state index in [0.29, 0.717) is 26.2 Å². The summed E-state index contributed by atoms with van der Waals surface area (Å²) in [4.78, 5) is 17.4. The van der Waals surface area contributed by atoms with Gasteiger partial charge in [-0.3, -0.25) is 14.6 Å². The highest BCUT2D eigenvalue weighted by Gasteiger charge is 2.65. The van der Waals surface area contributed by atoms with Crippen molar-refractivity contribution in [3.63, 3.8) is 0 Å². The zero-order valence-corrected chi connectivity index (χ0v) is 15.8. The third kappa shape index (κ3) is 2.75. The molecule has 0 aromatic heterocycles. The van der Waals surface area contributed by atoms with Crippen molar-refractivity contribution in [1.82, 2.24) is 9.80 Å². The van der Waals surface area contributed by atoms with Crippen molar-refractivity contribution in [3.05, 3.63) is 35.9 Å². The van der Waals surface area contributed by atoms with Crippen LogP contribution in [0.1, 0.15) is 12.5 Å². The van der Waals surface area contributed by atoms with E-state index in [-0.39, 0.29) is 5.78 Å². The van der Waals surface area contributed by atoms with Gasteiger partial charge in [-0.15, -0.1) is 0 Å². The van der Waals surface area contributed by atoms with Gasteiger partial charge in [0.05, 0.1) is 23.6 Å². The van der Waals surface area contributed by atoms with Crippen LogP contribution in [0.4, 0.5) is 0 Å². The Kier molecular flexibility index (Phi) is 4.86. The molecule has 4 fully saturated rings. The van der Waals surface area contributed by atoms with Crippen LogP contribution in [-0.4, -0.2) is 104 Å². The van der Waals surface area contributed by atoms with Crippen LogP contribution in [-0.2, 0) is 10.2 Å². The van der Waals surface area contributed by atoms with E-state index in [1.165, 1.54) is 0 Å². The summed E-state index contributed by atoms with van der Waals surface area (Å²) in [6.07, 6.45) is -6.77. The molecule has 4 saturated heterocycles. The summed E-state index contributed by atoms with van der Waals surface area (Å²) in [5, 5.41) is 49.8. The topological polar surface area (TPSA) is 125 Å². The van der Waals surface area contributed by atoms with Gasteiger partial charge >= 0.3 is 0 Å². The molecule has 4 bridgehead atoms. The van der Waals surface area contributed by atoms with Gasteiger partial charge in [0, 0.05) is 26.2 Å². The Balaban J connectivity index is 1.64. The first-order valence-electron chi connectivity index (χ1n) is 9.65. The standard InChI is InChI=1S/C20H28N2O6/c1-19-8-21-10-20(18(19)28,12-5-3-2-4-6-12)11-22(9-19)17(21)16(27)15(26)14(25)13(24)7-23/h2-6,13-17,23-27H,7-11H2,1H3/t13-,14-,15-,16-,17?,19?,20?/m0/s1. The third-order valence-electron chi connectivity index (χ3n) is 6.69. The zero-order valence-electron chi connectivity index (χ0n) is 15.8. The van der Waals surface area contributed by atoms with E-state index in [0.717, 1.165) is 5.56 Å². The highest BCUT2D eigenvalue weighted by Crippen LogP contribution is 2.50. The lowest BCUT2D eigenvalue weighted by Gasteiger charge is -2.66. The molecular weight excluding hydrogens is 364 g/mol. The summed E-state index contributed by atoms with van der Waals surface area (Å²) in [5.41, 5.74) is -0.307. The van der Waals surface area contributed by atoms with E-state index in [4.69, 9.17) is 5.11 Å². The monoisotopic (exact) mass is 392 g/mol. The minimum Gasteiger partial charge on any atom is -0.394 e. The molecule has 6 atom stereocenters. The number of carbonyl (C=O) groups excluding carboxylic acids is 1. The maximum absolute atomic E-state index is 13.4. The SMILES string of the molecule is CC12CN3CC(c4ccccc4)(CN(C1)C3[C@@H](O)[C@@H](O)[C@@H](O)[C@@H](O)CO)C2=O. The van der Waals surface area contributed by atoms with Crippen LogP contribution < -0.4 is 0 Å². The van der Waals surface area contributed by atoms with Gasteiger partial charge in [0.15, 0.2) is 5.78 Å². The second-order valence-corrected chi connectivity index (χ2v) is 8.78. The molecule has 4 aliphatic rings. The number of rotatable bonds is 6. The van der Waals surface area contributed by atoms with E-state index in [2.05, 4.69) is 0 Å². The molecule has 8 nitrogen and oxygen atoms in total. The van der Waals surface area contributed by atoms with Gasteiger partial charge in [-0.2, -0.15) is 0 Å². The van der Waals surface area contributed by atoms with Crippen molar-refractivity contribution in [2.45, 2.75) is 42.9 Å². The van der Waals surface area contributed by atoms with Gasteiger partial charge in [-0.1, -0.05) is 37.3 Å². The van der Waals surface area contributed by atoms with E-state index in [1.807, 2.05) is 47.1 Å². The molecule has 0 spiro atoms. The molecule has 0 aliphatic carbocycles. The normalized spacial score (nSPS) is 40.9. The number of ketones is 1. The lowest BCUT2D eigenvalue weighted by Crippen LogP contribution is -2.82. The van der Waals surface area contributed by atoms with Gasteiger partial charge in [-0.05, 0) is 5.56 Å². The van der Waals surface area contributed by atoms with E-state index < -0.39 is 48.0 Å². The molecule has 4 aliphatic heterocycles. The van der Waals surface area contributed by atoms with Crippen molar-refractivity contribution >= 4 is 5.78 Å². The van der Waals surface area contributed by atoms with Gasteiger partial charge in [0.25, 0.3) is 0 Å². The van der Waals surface area contributed by atoms with E-state index >= 15 is 0 Å². The van der Waals surface area contributed by atoms with Gasteiger partial charge in [0.1, 0.15) is 24.4 Å². The number of hydrogen-bond acceptors (Lipinski definition) is 8. The summed E-state index contributed by atoms with van der Waals surface area (Å²) >= 11 is 0. The van der Waals surface area contributed by atoms with Gasteiger partial charge < -0.3 is 25.5 Å². The molecule has 2 unspecified atom stereocenters. The molecule has 4 heterocycles. The number of benzene rings is 1. The molecule has 1 aromatic rings. The van der Waals surface area contributed by atoms with Crippen molar-refractivity contribution in [1.29, 1.82) is 0 Å². The summed E-state index contributed by atoms with van der Waals surface area (Å²) < 4.78 is 0. The van der Waals surface area contributed by atoms with Crippen molar-refractivity contribution in [2.75, 3.05) is 32.8 Å². The van der Waals surface area contributed by atoms with Crippen molar-refractivity contribution < 1.29 is 30.3 Å². The maximum atomic E-state index is 13.4. The van der Waals surface area contributed by atoms with Gasteiger partial charge in [-0.25, -0.2) is 0 Å². The molecule has 1 aromatic carbocycles. The van der Waals surface area contributed by atoms with Crippen LogP contribution in [0, 0.1) is 5.41 Å². The van der Waals surface area contributed by atoms with Crippen LogP contribution in [0.15, 0.2) is 30.3 Å². The van der Waals surface area contributed by atoms with Crippen LogP contribution in [0.2, 0.25) is 0 Å². The number of carbonyl (C=O) groups is 1. The minimum absolute atomic E-state index is 0.211. The Morgan fingerprint density at radius 1 is 1.00 bits per heavy atom. The number of aliphatic hydroxyl groups excluding tert-OH is 5. The first kappa shape index (κ1) is 19.9. The molecule has 154 valence electrons. The molecule has 5 N–H and O–H groups in total. The van der Waals surface area contributed by atoms with Crippen molar-refractivity contribution in [3.8, 4) is 0 Å². The second kappa shape index (κ2) is 6.84. The van der Waals surface area contributed by atoms with Crippen molar-refractivity contribution in [2.24, 2.45) is 5.41 Å². The van der Waals surface area contributed by atoms with Crippen LogP contribution in [0.25, 0.3) is 0 Å². The smallest absolute Gasteiger partial charge is 0.154 e. The lowest BCUT2D eigenvalue weighted by atomic mass is 9.58. The molecule has 0 saturated carbocycles. The Bertz CT molecular complexity index is 727. The minimum atomic E-state index is -1.67. The summed E-state index contributed by atoms with van der Waals surface area (Å²) in [5.74, 6) is 0.211.